The van der Waals surface area contributed by atoms with Crippen LogP contribution in [0, 0.1) is 0 Å². The Kier molecular flexibility index (Phi) is 2.82. The van der Waals surface area contributed by atoms with Gasteiger partial charge in [-0.3, -0.25) is 4.68 Å². The molecule has 2 rings (SSSR count). The van der Waals surface area contributed by atoms with Crippen LogP contribution in [0.25, 0.3) is 0 Å². The lowest BCUT2D eigenvalue weighted by atomic mass is 10.1. The van der Waals surface area contributed by atoms with Crippen LogP contribution in [0.2, 0.25) is 0 Å². The van der Waals surface area contributed by atoms with Crippen molar-refractivity contribution in [1.82, 2.24) is 20.0 Å². The van der Waals surface area contributed by atoms with Crippen molar-refractivity contribution >= 4 is 0 Å². The van der Waals surface area contributed by atoms with Gasteiger partial charge >= 0.3 is 0 Å². The molecule has 0 radical (unpaired) electrons. The van der Waals surface area contributed by atoms with Gasteiger partial charge in [-0.15, -0.1) is 10.2 Å². The molecule has 1 unspecified atom stereocenters. The minimum atomic E-state index is -0.328. The van der Waals surface area contributed by atoms with E-state index >= 15 is 0 Å². The molecular weight excluding hydrogens is 206 g/mol. The first-order chi connectivity index (χ1) is 7.72. The topological polar surface area (TPSA) is 78.9 Å². The number of nitrogens with zero attached hydrogens (tertiary/aromatic N) is 4. The lowest BCUT2D eigenvalue weighted by Gasteiger charge is -2.10. The highest BCUT2D eigenvalue weighted by atomic mass is 16.5. The van der Waals surface area contributed by atoms with Crippen molar-refractivity contribution in [2.45, 2.75) is 6.04 Å². The first kappa shape index (κ1) is 10.6. The van der Waals surface area contributed by atoms with Crippen molar-refractivity contribution in [2.24, 2.45) is 12.8 Å². The number of methoxy groups -OCH3 is 1. The number of ether oxygens (including phenoxy) is 1. The fourth-order valence-electron chi connectivity index (χ4n) is 1.45. The van der Waals surface area contributed by atoms with Crippen molar-refractivity contribution in [3.8, 4) is 5.88 Å². The van der Waals surface area contributed by atoms with Gasteiger partial charge in [0, 0.05) is 19.3 Å². The summed E-state index contributed by atoms with van der Waals surface area (Å²) in [5.41, 5.74) is 7.62. The van der Waals surface area contributed by atoms with Gasteiger partial charge in [0.15, 0.2) is 0 Å². The summed E-state index contributed by atoms with van der Waals surface area (Å²) in [4.78, 5) is 0. The second kappa shape index (κ2) is 4.28. The second-order valence-electron chi connectivity index (χ2n) is 3.36. The smallest absolute Gasteiger partial charge is 0.233 e. The summed E-state index contributed by atoms with van der Waals surface area (Å²) in [6.45, 7) is 0. The summed E-state index contributed by atoms with van der Waals surface area (Å²) >= 11 is 0. The highest BCUT2D eigenvalue weighted by molar-refractivity contribution is 5.22. The molecule has 0 amide bonds. The van der Waals surface area contributed by atoms with E-state index in [4.69, 9.17) is 10.5 Å². The van der Waals surface area contributed by atoms with Crippen LogP contribution in [0.3, 0.4) is 0 Å². The van der Waals surface area contributed by atoms with E-state index in [0.29, 0.717) is 11.6 Å². The van der Waals surface area contributed by atoms with Gasteiger partial charge < -0.3 is 10.5 Å². The van der Waals surface area contributed by atoms with E-state index < -0.39 is 0 Å². The zero-order valence-electron chi connectivity index (χ0n) is 9.16. The van der Waals surface area contributed by atoms with Gasteiger partial charge in [-0.25, -0.2) is 0 Å². The lowest BCUT2D eigenvalue weighted by molar-refractivity contribution is 0.390. The molecule has 0 fully saturated rings. The molecule has 2 aromatic rings. The third kappa shape index (κ3) is 1.87. The van der Waals surface area contributed by atoms with Crippen LogP contribution in [0.5, 0.6) is 5.88 Å². The van der Waals surface area contributed by atoms with E-state index in [0.717, 1.165) is 5.69 Å². The highest BCUT2D eigenvalue weighted by Crippen LogP contribution is 2.17. The van der Waals surface area contributed by atoms with E-state index in [1.807, 2.05) is 13.1 Å². The minimum absolute atomic E-state index is 0.328. The van der Waals surface area contributed by atoms with Gasteiger partial charge in [0.05, 0.1) is 24.5 Å². The largest absolute Gasteiger partial charge is 0.480 e. The second-order valence-corrected chi connectivity index (χ2v) is 3.36. The first-order valence-corrected chi connectivity index (χ1v) is 4.83. The molecule has 0 aliphatic carbocycles. The average molecular weight is 219 g/mol. The van der Waals surface area contributed by atoms with Crippen LogP contribution in [-0.2, 0) is 7.05 Å². The van der Waals surface area contributed by atoms with Crippen LogP contribution >= 0.6 is 0 Å². The number of aryl methyl sites for hydroxylation is 1. The quantitative estimate of drug-likeness (QED) is 0.801. The molecule has 16 heavy (non-hydrogen) atoms. The molecule has 0 spiro atoms. The molecule has 0 aliphatic rings. The Morgan fingerprint density at radius 1 is 1.31 bits per heavy atom. The molecule has 0 aliphatic heterocycles. The predicted octanol–water partition coefficient (Wildman–Crippen LogP) is 0.267. The summed E-state index contributed by atoms with van der Waals surface area (Å²) in [6.07, 6.45) is 1.70. The van der Waals surface area contributed by atoms with Crippen LogP contribution in [-0.4, -0.2) is 27.1 Å². The molecule has 6 nitrogen and oxygen atoms in total. The molecule has 6 heteroatoms. The fourth-order valence-corrected chi connectivity index (χ4v) is 1.45. The maximum absolute atomic E-state index is 6.05. The SMILES string of the molecule is COc1ccc(C(N)c2ccnn2C)nn1. The molecule has 84 valence electrons. The summed E-state index contributed by atoms with van der Waals surface area (Å²) in [5, 5.41) is 11.9. The Bertz CT molecular complexity index is 464. The standard InChI is InChI=1S/C10H13N5O/c1-15-8(5-6-12-15)10(11)7-3-4-9(16-2)14-13-7/h3-6,10H,11H2,1-2H3. The summed E-state index contributed by atoms with van der Waals surface area (Å²) in [6, 6.07) is 5.06. The number of hydrogen-bond donors (Lipinski definition) is 1. The third-order valence-electron chi connectivity index (χ3n) is 2.37. The Labute approximate surface area is 93.1 Å². The fraction of sp³-hybridized carbons (Fsp3) is 0.300. The van der Waals surface area contributed by atoms with Crippen molar-refractivity contribution in [3.63, 3.8) is 0 Å². The Morgan fingerprint density at radius 2 is 2.12 bits per heavy atom. The molecule has 0 saturated heterocycles. The van der Waals surface area contributed by atoms with Crippen LogP contribution < -0.4 is 10.5 Å². The molecule has 0 bridgehead atoms. The van der Waals surface area contributed by atoms with Gasteiger partial charge in [0.1, 0.15) is 0 Å². The van der Waals surface area contributed by atoms with Crippen molar-refractivity contribution in [3.05, 3.63) is 35.8 Å². The first-order valence-electron chi connectivity index (χ1n) is 4.83. The van der Waals surface area contributed by atoms with Gasteiger partial charge in [0.2, 0.25) is 5.88 Å². The lowest BCUT2D eigenvalue weighted by Crippen LogP contribution is -2.17. The summed E-state index contributed by atoms with van der Waals surface area (Å²) < 4.78 is 6.65. The minimum Gasteiger partial charge on any atom is -0.480 e. The Morgan fingerprint density at radius 3 is 2.62 bits per heavy atom. The number of aromatic nitrogens is 4. The predicted molar refractivity (Wildman–Crippen MR) is 57.8 cm³/mol. The normalized spacial score (nSPS) is 12.4. The van der Waals surface area contributed by atoms with E-state index in [1.165, 1.54) is 0 Å². The Hall–Kier alpha value is -1.95. The van der Waals surface area contributed by atoms with Crippen molar-refractivity contribution in [1.29, 1.82) is 0 Å². The summed E-state index contributed by atoms with van der Waals surface area (Å²) in [5.74, 6) is 0.473. The zero-order chi connectivity index (χ0) is 11.5. The molecule has 1 atom stereocenters. The molecule has 2 N–H and O–H groups in total. The van der Waals surface area contributed by atoms with E-state index in [-0.39, 0.29) is 6.04 Å². The van der Waals surface area contributed by atoms with E-state index in [2.05, 4.69) is 15.3 Å². The van der Waals surface area contributed by atoms with Crippen LogP contribution in [0.15, 0.2) is 24.4 Å². The zero-order valence-corrected chi connectivity index (χ0v) is 9.16. The molecule has 2 heterocycles. The van der Waals surface area contributed by atoms with Gasteiger partial charge in [0.25, 0.3) is 0 Å². The maximum atomic E-state index is 6.05. The number of rotatable bonds is 3. The maximum Gasteiger partial charge on any atom is 0.233 e. The van der Waals surface area contributed by atoms with E-state index in [9.17, 15) is 0 Å². The van der Waals surface area contributed by atoms with E-state index in [1.54, 1.807) is 30.1 Å². The average Bonchev–Trinajstić information content (AvgIpc) is 2.75. The van der Waals surface area contributed by atoms with Gasteiger partial charge in [-0.2, -0.15) is 5.10 Å². The molecule has 0 saturated carbocycles. The van der Waals surface area contributed by atoms with Crippen molar-refractivity contribution in [2.75, 3.05) is 7.11 Å². The van der Waals surface area contributed by atoms with Crippen LogP contribution in [0.4, 0.5) is 0 Å². The monoisotopic (exact) mass is 219 g/mol. The number of hydrogen-bond acceptors (Lipinski definition) is 5. The van der Waals surface area contributed by atoms with Gasteiger partial charge in [-0.1, -0.05) is 0 Å². The highest BCUT2D eigenvalue weighted by Gasteiger charge is 2.14. The molecule has 2 aromatic heterocycles. The van der Waals surface area contributed by atoms with Crippen molar-refractivity contribution < 1.29 is 4.74 Å². The summed E-state index contributed by atoms with van der Waals surface area (Å²) in [7, 11) is 3.39. The Balaban J connectivity index is 2.27. The molecule has 0 aromatic carbocycles. The third-order valence-corrected chi connectivity index (χ3v) is 2.37. The number of nitrogens with two attached hydrogens (primary N) is 1. The molecular formula is C10H13N5O. The van der Waals surface area contributed by atoms with Crippen LogP contribution in [0.1, 0.15) is 17.4 Å². The van der Waals surface area contributed by atoms with Gasteiger partial charge in [-0.05, 0) is 12.1 Å².